The van der Waals surface area contributed by atoms with Crippen LogP contribution < -0.4 is 4.74 Å². The number of hydrogen-bond donors (Lipinski definition) is 0. The molecule has 0 unspecified atom stereocenters. The van der Waals surface area contributed by atoms with Gasteiger partial charge in [0.15, 0.2) is 17.1 Å². The van der Waals surface area contributed by atoms with Crippen molar-refractivity contribution >= 4 is 11.6 Å². The van der Waals surface area contributed by atoms with Crippen molar-refractivity contribution in [2.24, 2.45) is 0 Å². The summed E-state index contributed by atoms with van der Waals surface area (Å²) in [4.78, 5) is 16.6. The zero-order chi connectivity index (χ0) is 16.7. The summed E-state index contributed by atoms with van der Waals surface area (Å²) in [5, 5.41) is 4.22. The lowest BCUT2D eigenvalue weighted by Gasteiger charge is -2.11. The summed E-state index contributed by atoms with van der Waals surface area (Å²) < 4.78 is 12.3. The minimum Gasteiger partial charge on any atom is -0.464 e. The van der Waals surface area contributed by atoms with Gasteiger partial charge in [0.1, 0.15) is 5.75 Å². The molecule has 6 nitrogen and oxygen atoms in total. The van der Waals surface area contributed by atoms with E-state index in [0.29, 0.717) is 23.1 Å². The number of carbonyl (C=O) groups is 1. The highest BCUT2D eigenvalue weighted by Crippen LogP contribution is 2.41. The smallest absolute Gasteiger partial charge is 0.360 e. The third-order valence-electron chi connectivity index (χ3n) is 4.18. The molecular weight excluding hydrogens is 306 g/mol. The molecule has 0 spiro atoms. The summed E-state index contributed by atoms with van der Waals surface area (Å²) in [7, 11) is 1.34. The second-order valence-electron chi connectivity index (χ2n) is 5.97. The van der Waals surface area contributed by atoms with Gasteiger partial charge in [0, 0.05) is 5.56 Å². The Morgan fingerprint density at radius 3 is 2.88 bits per heavy atom. The van der Waals surface area contributed by atoms with Gasteiger partial charge < -0.3 is 9.47 Å². The van der Waals surface area contributed by atoms with Gasteiger partial charge in [-0.25, -0.2) is 14.3 Å². The van der Waals surface area contributed by atoms with E-state index < -0.39 is 5.97 Å². The third-order valence-corrected chi connectivity index (χ3v) is 4.18. The van der Waals surface area contributed by atoms with Gasteiger partial charge in [0.25, 0.3) is 0 Å². The number of esters is 1. The number of benzene rings is 1. The lowest BCUT2D eigenvalue weighted by molar-refractivity contribution is 0.0587. The average Bonchev–Trinajstić information content (AvgIpc) is 3.38. The minimum absolute atomic E-state index is 0.229. The van der Waals surface area contributed by atoms with E-state index in [1.54, 1.807) is 12.4 Å². The van der Waals surface area contributed by atoms with Crippen molar-refractivity contribution in [1.29, 1.82) is 0 Å². The Labute approximate surface area is 139 Å². The molecule has 6 heteroatoms. The van der Waals surface area contributed by atoms with Gasteiger partial charge >= 0.3 is 5.97 Å². The van der Waals surface area contributed by atoms with Gasteiger partial charge in [0.05, 0.1) is 19.5 Å². The Morgan fingerprint density at radius 1 is 1.29 bits per heavy atom. The summed E-state index contributed by atoms with van der Waals surface area (Å²) in [5.74, 6) is 1.11. The van der Waals surface area contributed by atoms with Crippen molar-refractivity contribution in [2.75, 3.05) is 7.11 Å². The Hall–Kier alpha value is -2.89. The maximum Gasteiger partial charge on any atom is 0.360 e. The van der Waals surface area contributed by atoms with E-state index in [2.05, 4.69) is 16.1 Å². The van der Waals surface area contributed by atoms with Crippen molar-refractivity contribution in [3.8, 4) is 11.5 Å². The van der Waals surface area contributed by atoms with Crippen LogP contribution in [0.1, 0.15) is 40.4 Å². The van der Waals surface area contributed by atoms with E-state index in [-0.39, 0.29) is 5.69 Å². The van der Waals surface area contributed by atoms with Gasteiger partial charge in [-0.3, -0.25) is 0 Å². The molecule has 24 heavy (non-hydrogen) atoms. The predicted octanol–water partition coefficient (Wildman–Crippen LogP) is 3.49. The van der Waals surface area contributed by atoms with E-state index >= 15 is 0 Å². The molecular formula is C18H17N3O3. The van der Waals surface area contributed by atoms with Crippen molar-refractivity contribution in [3.63, 3.8) is 0 Å². The molecule has 0 amide bonds. The van der Waals surface area contributed by atoms with Crippen LogP contribution in [-0.2, 0) is 4.74 Å². The first-order chi connectivity index (χ1) is 11.7. The van der Waals surface area contributed by atoms with Gasteiger partial charge in [-0.15, -0.1) is 0 Å². The molecule has 0 atom stereocenters. The molecule has 1 aliphatic rings. The number of aryl methyl sites for hydroxylation is 1. The fourth-order valence-corrected chi connectivity index (χ4v) is 2.76. The molecule has 0 radical (unpaired) electrons. The largest absolute Gasteiger partial charge is 0.464 e. The maximum atomic E-state index is 12.2. The van der Waals surface area contributed by atoms with Crippen LogP contribution in [-0.4, -0.2) is 27.7 Å². The van der Waals surface area contributed by atoms with Crippen LogP contribution >= 0.6 is 0 Å². The fourth-order valence-electron chi connectivity index (χ4n) is 2.76. The average molecular weight is 323 g/mol. The molecule has 3 aromatic rings. The molecule has 1 saturated carbocycles. The first kappa shape index (κ1) is 14.7. The zero-order valence-corrected chi connectivity index (χ0v) is 13.5. The highest BCUT2D eigenvalue weighted by Gasteiger charge is 2.24. The van der Waals surface area contributed by atoms with Gasteiger partial charge in [0.2, 0.25) is 0 Å². The second-order valence-corrected chi connectivity index (χ2v) is 5.97. The van der Waals surface area contributed by atoms with Gasteiger partial charge in [-0.2, -0.15) is 5.10 Å². The van der Waals surface area contributed by atoms with E-state index in [1.807, 2.05) is 25.1 Å². The van der Waals surface area contributed by atoms with Crippen molar-refractivity contribution in [1.82, 2.24) is 14.6 Å². The lowest BCUT2D eigenvalue weighted by Crippen LogP contribution is -2.12. The number of rotatable bonds is 4. The van der Waals surface area contributed by atoms with Gasteiger partial charge in [-0.05, 0) is 43.4 Å². The molecule has 2 aromatic heterocycles. The first-order valence-electron chi connectivity index (χ1n) is 7.87. The number of methoxy groups -OCH3 is 1. The minimum atomic E-state index is -0.515. The van der Waals surface area contributed by atoms with Crippen LogP contribution in [0.4, 0.5) is 0 Å². The SMILES string of the molecule is COC(=O)c1c(Oc2cccc(C3CC3)c2)cnc2c(C)cnn12. The Kier molecular flexibility index (Phi) is 3.45. The van der Waals surface area contributed by atoms with Gasteiger partial charge in [-0.1, -0.05) is 12.1 Å². The molecule has 2 heterocycles. The fraction of sp³-hybridized carbons (Fsp3) is 0.278. The summed E-state index contributed by atoms with van der Waals surface area (Å²) in [6.07, 6.45) is 5.64. The standard InChI is InChI=1S/C18H17N3O3/c1-11-9-20-21-16(18(22)23-2)15(10-19-17(11)21)24-14-5-3-4-13(8-14)12-6-7-12/h3-5,8-10,12H,6-7H2,1-2H3. The first-order valence-corrected chi connectivity index (χ1v) is 7.87. The number of ether oxygens (including phenoxy) is 2. The highest BCUT2D eigenvalue weighted by molar-refractivity contribution is 5.91. The van der Waals surface area contributed by atoms with E-state index in [1.165, 1.54) is 30.0 Å². The molecule has 1 fully saturated rings. The Balaban J connectivity index is 1.78. The molecule has 0 N–H and O–H groups in total. The van der Waals surface area contributed by atoms with Crippen LogP contribution in [0.5, 0.6) is 11.5 Å². The zero-order valence-electron chi connectivity index (χ0n) is 13.5. The molecule has 1 aliphatic carbocycles. The molecule has 0 bridgehead atoms. The number of fused-ring (bicyclic) bond motifs is 1. The molecule has 0 aliphatic heterocycles. The number of hydrogen-bond acceptors (Lipinski definition) is 5. The van der Waals surface area contributed by atoms with E-state index in [9.17, 15) is 4.79 Å². The summed E-state index contributed by atoms with van der Waals surface area (Å²) >= 11 is 0. The molecule has 122 valence electrons. The van der Waals surface area contributed by atoms with Crippen LogP contribution in [0.2, 0.25) is 0 Å². The normalized spacial score (nSPS) is 13.9. The summed E-state index contributed by atoms with van der Waals surface area (Å²) in [6.45, 7) is 1.88. The van der Waals surface area contributed by atoms with Crippen LogP contribution in [0, 0.1) is 6.92 Å². The predicted molar refractivity (Wildman–Crippen MR) is 87.6 cm³/mol. The lowest BCUT2D eigenvalue weighted by atomic mass is 10.1. The van der Waals surface area contributed by atoms with Crippen LogP contribution in [0.15, 0.2) is 36.7 Å². The molecule has 4 rings (SSSR count). The highest BCUT2D eigenvalue weighted by atomic mass is 16.5. The molecule has 1 aromatic carbocycles. The Bertz CT molecular complexity index is 928. The van der Waals surface area contributed by atoms with Crippen LogP contribution in [0.25, 0.3) is 5.65 Å². The van der Waals surface area contributed by atoms with Crippen LogP contribution in [0.3, 0.4) is 0 Å². The third kappa shape index (κ3) is 2.50. The number of carbonyl (C=O) groups excluding carboxylic acids is 1. The summed E-state index contributed by atoms with van der Waals surface area (Å²) in [5.41, 5.74) is 2.97. The van der Waals surface area contributed by atoms with Crippen molar-refractivity contribution in [2.45, 2.75) is 25.7 Å². The van der Waals surface area contributed by atoms with E-state index in [0.717, 1.165) is 5.56 Å². The summed E-state index contributed by atoms with van der Waals surface area (Å²) in [6, 6.07) is 7.94. The topological polar surface area (TPSA) is 65.7 Å². The monoisotopic (exact) mass is 323 g/mol. The van der Waals surface area contributed by atoms with Crippen molar-refractivity contribution < 1.29 is 14.3 Å². The van der Waals surface area contributed by atoms with Crippen molar-refractivity contribution in [3.05, 3.63) is 53.5 Å². The quantitative estimate of drug-likeness (QED) is 0.688. The number of nitrogens with zero attached hydrogens (tertiary/aromatic N) is 3. The van der Waals surface area contributed by atoms with E-state index in [4.69, 9.17) is 9.47 Å². The molecule has 0 saturated heterocycles. The maximum absolute atomic E-state index is 12.2. The second kappa shape index (κ2) is 5.63. The Morgan fingerprint density at radius 2 is 2.12 bits per heavy atom. The number of aromatic nitrogens is 3.